The largest absolute Gasteiger partial charge is 0.491 e. The third kappa shape index (κ3) is 6.53. The minimum Gasteiger partial charge on any atom is -0.491 e. The second-order valence-electron chi connectivity index (χ2n) is 9.09. The maximum Gasteiger partial charge on any atom is 0.261 e. The Morgan fingerprint density at radius 3 is 1.20 bits per heavy atom. The van der Waals surface area contributed by atoms with Gasteiger partial charge in [0.15, 0.2) is 0 Å². The fourth-order valence-electron chi connectivity index (χ4n) is 4.28. The number of hydrogen-bond acceptors (Lipinski definition) is 5. The summed E-state index contributed by atoms with van der Waals surface area (Å²) >= 11 is 0. The van der Waals surface area contributed by atoms with E-state index in [9.17, 15) is 9.13 Å². The van der Waals surface area contributed by atoms with Crippen LogP contribution >= 0.6 is 14.7 Å². The van der Waals surface area contributed by atoms with Gasteiger partial charge in [0, 0.05) is 21.2 Å². The highest BCUT2D eigenvalue weighted by Gasteiger charge is 2.35. The average Bonchev–Trinajstić information content (AvgIpc) is 3.04. The van der Waals surface area contributed by atoms with Crippen LogP contribution in [0.1, 0.15) is 0 Å². The lowest BCUT2D eigenvalue weighted by molar-refractivity contribution is 0.0894. The summed E-state index contributed by atoms with van der Waals surface area (Å²) < 4.78 is 48.0. The van der Waals surface area contributed by atoms with E-state index in [0.29, 0.717) is 27.0 Å². The Morgan fingerprint density at radius 2 is 0.800 bits per heavy atom. The zero-order chi connectivity index (χ0) is 27.7. The molecule has 0 fully saturated rings. The molecule has 0 radical (unpaired) electrons. The van der Waals surface area contributed by atoms with Gasteiger partial charge in [-0.05, 0) is 60.7 Å². The quantitative estimate of drug-likeness (QED) is 0.165. The van der Waals surface area contributed by atoms with Crippen molar-refractivity contribution in [1.29, 1.82) is 0 Å². The maximum absolute atomic E-state index is 14.7. The van der Waals surface area contributed by atoms with Crippen LogP contribution in [0.3, 0.4) is 0 Å². The first-order valence-electron chi connectivity index (χ1n) is 13.0. The van der Waals surface area contributed by atoms with Crippen LogP contribution in [0.15, 0.2) is 152 Å². The van der Waals surface area contributed by atoms with Crippen molar-refractivity contribution in [1.82, 2.24) is 0 Å². The molecule has 1 atom stereocenters. The number of benzene rings is 5. The van der Waals surface area contributed by atoms with E-state index in [1.165, 1.54) is 0 Å². The highest BCUT2D eigenvalue weighted by Crippen LogP contribution is 2.48. The van der Waals surface area contributed by atoms with Gasteiger partial charge in [0.2, 0.25) is 0 Å². The molecular weight excluding hydrogens is 538 g/mol. The van der Waals surface area contributed by atoms with Crippen LogP contribution in [0.5, 0.6) is 5.75 Å². The second kappa shape index (κ2) is 13.1. The zero-order valence-corrected chi connectivity index (χ0v) is 23.6. The van der Waals surface area contributed by atoms with E-state index < -0.39 is 20.8 Å². The van der Waals surface area contributed by atoms with Gasteiger partial charge in [0.05, 0.1) is 6.61 Å². The highest BCUT2D eigenvalue weighted by atomic mass is 31.2. The molecule has 0 spiro atoms. The highest BCUT2D eigenvalue weighted by molar-refractivity contribution is 7.74. The Labute approximate surface area is 235 Å². The molecule has 0 saturated carbocycles. The summed E-state index contributed by atoms with van der Waals surface area (Å²) in [4.78, 5) is 0. The van der Waals surface area contributed by atoms with E-state index in [4.69, 9.17) is 13.8 Å². The molecule has 1 unspecified atom stereocenters. The first-order chi connectivity index (χ1) is 19.6. The summed E-state index contributed by atoms with van der Waals surface area (Å²) in [6.07, 6.45) is -0.813. The predicted molar refractivity (Wildman–Crippen MR) is 162 cm³/mol. The van der Waals surface area contributed by atoms with Crippen molar-refractivity contribution in [3.8, 4) is 5.75 Å². The lowest BCUT2D eigenvalue weighted by atomic mass is 10.3. The Hall–Kier alpha value is -3.72. The number of hydrogen-bond donors (Lipinski definition) is 0. The Morgan fingerprint density at radius 1 is 0.450 bits per heavy atom. The van der Waals surface area contributed by atoms with Crippen molar-refractivity contribution in [2.75, 3.05) is 13.2 Å². The summed E-state index contributed by atoms with van der Waals surface area (Å²) in [5.74, 6) is 0.639. The van der Waals surface area contributed by atoms with Gasteiger partial charge in [-0.15, -0.1) is 0 Å². The fourth-order valence-corrected chi connectivity index (χ4v) is 8.59. The predicted octanol–water partition coefficient (Wildman–Crippen LogP) is 6.33. The van der Waals surface area contributed by atoms with Crippen LogP contribution < -0.4 is 26.0 Å². The third-order valence-electron chi connectivity index (χ3n) is 6.30. The van der Waals surface area contributed by atoms with E-state index in [-0.39, 0.29) is 13.2 Å². The normalized spacial score (nSPS) is 12.5. The molecule has 5 aromatic rings. The monoisotopic (exact) mass is 568 g/mol. The lowest BCUT2D eigenvalue weighted by Crippen LogP contribution is -2.32. The van der Waals surface area contributed by atoms with Crippen LogP contribution in [0.25, 0.3) is 0 Å². The van der Waals surface area contributed by atoms with Gasteiger partial charge < -0.3 is 13.8 Å². The molecule has 202 valence electrons. The van der Waals surface area contributed by atoms with Crippen molar-refractivity contribution in [2.45, 2.75) is 6.10 Å². The van der Waals surface area contributed by atoms with Crippen LogP contribution in [0.2, 0.25) is 0 Å². The van der Waals surface area contributed by atoms with Crippen molar-refractivity contribution in [3.05, 3.63) is 152 Å². The van der Waals surface area contributed by atoms with Gasteiger partial charge in [0.25, 0.3) is 14.7 Å². The van der Waals surface area contributed by atoms with Crippen molar-refractivity contribution < 1.29 is 22.9 Å². The molecule has 0 N–H and O–H groups in total. The molecule has 0 aliphatic carbocycles. The van der Waals surface area contributed by atoms with Crippen LogP contribution in [0, 0.1) is 0 Å². The summed E-state index contributed by atoms with van der Waals surface area (Å²) in [5.41, 5.74) is 0. The summed E-state index contributed by atoms with van der Waals surface area (Å²) in [6, 6.07) is 45.8. The molecule has 0 aliphatic rings. The Balaban J connectivity index is 1.49. The van der Waals surface area contributed by atoms with Crippen LogP contribution in [-0.4, -0.2) is 19.3 Å². The summed E-state index contributed by atoms with van der Waals surface area (Å²) in [6.45, 7) is -0.0746. The molecule has 5 nitrogen and oxygen atoms in total. The fraction of sp³-hybridized carbons (Fsp3) is 0.0909. The van der Waals surface area contributed by atoms with Crippen molar-refractivity contribution in [2.24, 2.45) is 0 Å². The van der Waals surface area contributed by atoms with Gasteiger partial charge in [-0.25, -0.2) is 0 Å². The SMILES string of the molecule is O=P(OCC(COc1ccccc1)OP(=O)(c1ccccc1)c1ccccc1)(c1ccccc1)c1ccccc1. The number of ether oxygens (including phenoxy) is 1. The van der Waals surface area contributed by atoms with E-state index >= 15 is 0 Å². The minimum absolute atomic E-state index is 0.0389. The van der Waals surface area contributed by atoms with Crippen LogP contribution in [0.4, 0.5) is 0 Å². The molecule has 0 aromatic heterocycles. The molecule has 0 heterocycles. The molecule has 40 heavy (non-hydrogen) atoms. The Bertz CT molecular complexity index is 1480. The molecule has 7 heteroatoms. The topological polar surface area (TPSA) is 61.8 Å². The van der Waals surface area contributed by atoms with Gasteiger partial charge in [-0.2, -0.15) is 0 Å². The summed E-state index contributed by atoms with van der Waals surface area (Å²) in [7, 11) is -7.09. The zero-order valence-electron chi connectivity index (χ0n) is 21.9. The molecule has 0 saturated heterocycles. The molecule has 0 bridgehead atoms. The molecular formula is C33H30O5P2. The third-order valence-corrected chi connectivity index (χ3v) is 11.3. The van der Waals surface area contributed by atoms with Gasteiger partial charge in [-0.3, -0.25) is 9.13 Å². The van der Waals surface area contributed by atoms with Crippen molar-refractivity contribution >= 4 is 36.0 Å². The molecule has 5 rings (SSSR count). The Kier molecular flexibility index (Phi) is 9.11. The molecule has 0 aliphatic heterocycles. The van der Waals surface area contributed by atoms with E-state index in [0.717, 1.165) is 0 Å². The lowest BCUT2D eigenvalue weighted by Gasteiger charge is -2.28. The van der Waals surface area contributed by atoms with Gasteiger partial charge in [-0.1, -0.05) is 91.0 Å². The second-order valence-corrected chi connectivity index (χ2v) is 13.8. The number of rotatable bonds is 12. The van der Waals surface area contributed by atoms with E-state index in [1.807, 2.05) is 103 Å². The first kappa shape index (κ1) is 27.8. The van der Waals surface area contributed by atoms with Gasteiger partial charge in [0.1, 0.15) is 18.5 Å². The molecule has 0 amide bonds. The van der Waals surface area contributed by atoms with E-state index in [1.54, 1.807) is 48.5 Å². The van der Waals surface area contributed by atoms with Crippen LogP contribution in [-0.2, 0) is 18.2 Å². The first-order valence-corrected chi connectivity index (χ1v) is 16.3. The summed E-state index contributed by atoms with van der Waals surface area (Å²) in [5, 5.41) is 2.25. The van der Waals surface area contributed by atoms with Crippen molar-refractivity contribution in [3.63, 3.8) is 0 Å². The standard InChI is InChI=1S/C33H30O5P2/c34-39(30-18-8-2-9-19-30,31-20-10-3-11-21-31)37-27-29(26-36-28-16-6-1-7-17-28)38-40(35,32-22-12-4-13-23-32)33-24-14-5-15-25-33/h1-25,29H,26-27H2. The maximum atomic E-state index is 14.7. The number of para-hydroxylation sites is 1. The van der Waals surface area contributed by atoms with E-state index in [2.05, 4.69) is 0 Å². The minimum atomic E-state index is -3.58. The van der Waals surface area contributed by atoms with Gasteiger partial charge >= 0.3 is 0 Å². The molecule has 5 aromatic carbocycles. The smallest absolute Gasteiger partial charge is 0.261 e. The average molecular weight is 569 g/mol.